The van der Waals surface area contributed by atoms with Crippen LogP contribution < -0.4 is 0 Å². The Hall–Kier alpha value is -1.88. The molecular formula is C14H19NO4. The van der Waals surface area contributed by atoms with E-state index in [-0.39, 0.29) is 24.9 Å². The third-order valence-electron chi connectivity index (χ3n) is 2.69. The Morgan fingerprint density at radius 2 is 1.89 bits per heavy atom. The van der Waals surface area contributed by atoms with Crippen LogP contribution in [0.15, 0.2) is 24.3 Å². The van der Waals surface area contributed by atoms with Gasteiger partial charge in [-0.1, -0.05) is 12.1 Å². The minimum Gasteiger partial charge on any atom is -0.466 e. The van der Waals surface area contributed by atoms with Crippen LogP contribution >= 0.6 is 0 Å². The summed E-state index contributed by atoms with van der Waals surface area (Å²) in [5.41, 5.74) is 1.29. The van der Waals surface area contributed by atoms with Crippen LogP contribution in [0.1, 0.15) is 29.3 Å². The van der Waals surface area contributed by atoms with E-state index in [0.29, 0.717) is 18.7 Å². The van der Waals surface area contributed by atoms with Crippen molar-refractivity contribution in [2.24, 2.45) is 0 Å². The molecule has 5 heteroatoms. The van der Waals surface area contributed by atoms with Gasteiger partial charge in [-0.25, -0.2) is 0 Å². The van der Waals surface area contributed by atoms with Crippen LogP contribution in [0.5, 0.6) is 0 Å². The first-order valence-corrected chi connectivity index (χ1v) is 6.19. The fraction of sp³-hybridized carbons (Fsp3) is 0.429. The number of amides is 1. The average molecular weight is 265 g/mol. The van der Waals surface area contributed by atoms with Crippen molar-refractivity contribution in [3.63, 3.8) is 0 Å². The van der Waals surface area contributed by atoms with Gasteiger partial charge in [-0.05, 0) is 24.6 Å². The summed E-state index contributed by atoms with van der Waals surface area (Å²) in [4.78, 5) is 24.7. The van der Waals surface area contributed by atoms with Gasteiger partial charge in [0, 0.05) is 19.2 Å². The Bertz CT molecular complexity index is 428. The average Bonchev–Trinajstić information content (AvgIpc) is 2.44. The van der Waals surface area contributed by atoms with Gasteiger partial charge in [-0.3, -0.25) is 9.59 Å². The van der Waals surface area contributed by atoms with E-state index in [1.165, 1.54) is 4.90 Å². The SMILES string of the molecule is CCOC(=O)CCN(C)C(=O)c1ccc(CO)cc1. The van der Waals surface area contributed by atoms with E-state index in [2.05, 4.69) is 0 Å². The molecule has 5 nitrogen and oxygen atoms in total. The molecule has 0 saturated heterocycles. The van der Waals surface area contributed by atoms with Crippen molar-refractivity contribution in [1.29, 1.82) is 0 Å². The second-order valence-electron chi connectivity index (χ2n) is 4.14. The lowest BCUT2D eigenvalue weighted by Gasteiger charge is -2.16. The molecule has 1 aromatic rings. The summed E-state index contributed by atoms with van der Waals surface area (Å²) < 4.78 is 4.80. The van der Waals surface area contributed by atoms with Gasteiger partial charge in [0.05, 0.1) is 19.6 Å². The summed E-state index contributed by atoms with van der Waals surface area (Å²) in [6.45, 7) is 2.36. The molecule has 1 aromatic carbocycles. The zero-order valence-corrected chi connectivity index (χ0v) is 11.3. The predicted molar refractivity (Wildman–Crippen MR) is 70.6 cm³/mol. The molecule has 0 fully saturated rings. The molecule has 19 heavy (non-hydrogen) atoms. The smallest absolute Gasteiger partial charge is 0.307 e. The van der Waals surface area contributed by atoms with E-state index in [4.69, 9.17) is 9.84 Å². The molecule has 0 heterocycles. The van der Waals surface area contributed by atoms with E-state index >= 15 is 0 Å². The second kappa shape index (κ2) is 7.53. The summed E-state index contributed by atoms with van der Waals surface area (Å²) in [5, 5.41) is 8.93. The van der Waals surface area contributed by atoms with Crippen LogP contribution in [0, 0.1) is 0 Å². The number of rotatable bonds is 6. The number of nitrogens with zero attached hydrogens (tertiary/aromatic N) is 1. The third-order valence-corrected chi connectivity index (χ3v) is 2.69. The maximum atomic E-state index is 12.0. The van der Waals surface area contributed by atoms with Crippen molar-refractivity contribution in [3.8, 4) is 0 Å². The number of carbonyl (C=O) groups is 2. The standard InChI is InChI=1S/C14H19NO4/c1-3-19-13(17)8-9-15(2)14(18)12-6-4-11(10-16)5-7-12/h4-7,16H,3,8-10H2,1-2H3. The maximum Gasteiger partial charge on any atom is 0.307 e. The predicted octanol–water partition coefficient (Wildman–Crippen LogP) is 1.20. The Morgan fingerprint density at radius 1 is 1.26 bits per heavy atom. The fourth-order valence-corrected chi connectivity index (χ4v) is 1.57. The fourth-order valence-electron chi connectivity index (χ4n) is 1.57. The largest absolute Gasteiger partial charge is 0.466 e. The first-order valence-electron chi connectivity index (χ1n) is 6.19. The molecule has 0 aromatic heterocycles. The van der Waals surface area contributed by atoms with Crippen LogP contribution in [-0.2, 0) is 16.1 Å². The van der Waals surface area contributed by atoms with Gasteiger partial charge in [0.25, 0.3) is 5.91 Å². The van der Waals surface area contributed by atoms with Crippen LogP contribution in [-0.4, -0.2) is 42.1 Å². The summed E-state index contributed by atoms with van der Waals surface area (Å²) in [6.07, 6.45) is 0.185. The van der Waals surface area contributed by atoms with Gasteiger partial charge >= 0.3 is 5.97 Å². The van der Waals surface area contributed by atoms with E-state index < -0.39 is 0 Å². The highest BCUT2D eigenvalue weighted by atomic mass is 16.5. The zero-order chi connectivity index (χ0) is 14.3. The molecule has 1 N–H and O–H groups in total. The number of benzene rings is 1. The van der Waals surface area contributed by atoms with Crippen molar-refractivity contribution >= 4 is 11.9 Å². The molecule has 104 valence electrons. The number of aliphatic hydroxyl groups excluding tert-OH is 1. The summed E-state index contributed by atoms with van der Waals surface area (Å²) in [5.74, 6) is -0.466. The molecule has 1 rings (SSSR count). The van der Waals surface area contributed by atoms with E-state index in [1.54, 1.807) is 38.2 Å². The number of hydrogen-bond acceptors (Lipinski definition) is 4. The van der Waals surface area contributed by atoms with Crippen molar-refractivity contribution in [3.05, 3.63) is 35.4 Å². The van der Waals surface area contributed by atoms with Crippen molar-refractivity contribution in [1.82, 2.24) is 4.90 Å². The minimum atomic E-state index is -0.308. The molecule has 0 spiro atoms. The molecule has 0 radical (unpaired) electrons. The maximum absolute atomic E-state index is 12.0. The molecule has 0 aliphatic carbocycles. The molecule has 0 saturated carbocycles. The topological polar surface area (TPSA) is 66.8 Å². The van der Waals surface area contributed by atoms with Crippen LogP contribution in [0.25, 0.3) is 0 Å². The quantitative estimate of drug-likeness (QED) is 0.785. The Kier molecular flexibility index (Phi) is 6.02. The Balaban J connectivity index is 2.53. The van der Waals surface area contributed by atoms with Gasteiger partial charge in [-0.15, -0.1) is 0 Å². The van der Waals surface area contributed by atoms with Crippen molar-refractivity contribution in [2.45, 2.75) is 20.0 Å². The number of aliphatic hydroxyl groups is 1. The number of esters is 1. The molecule has 0 aliphatic rings. The highest BCUT2D eigenvalue weighted by molar-refractivity contribution is 5.94. The van der Waals surface area contributed by atoms with Gasteiger partial charge in [0.15, 0.2) is 0 Å². The van der Waals surface area contributed by atoms with Crippen molar-refractivity contribution < 1.29 is 19.4 Å². The minimum absolute atomic E-state index is 0.0484. The first kappa shape index (κ1) is 15.2. The first-order chi connectivity index (χ1) is 9.08. The zero-order valence-electron chi connectivity index (χ0n) is 11.3. The number of carbonyl (C=O) groups excluding carboxylic acids is 2. The van der Waals surface area contributed by atoms with Crippen LogP contribution in [0.2, 0.25) is 0 Å². The number of ether oxygens (including phenoxy) is 1. The van der Waals surface area contributed by atoms with E-state index in [9.17, 15) is 9.59 Å². The normalized spacial score (nSPS) is 10.1. The lowest BCUT2D eigenvalue weighted by atomic mass is 10.1. The molecule has 0 atom stereocenters. The lowest BCUT2D eigenvalue weighted by molar-refractivity contribution is -0.143. The van der Waals surface area contributed by atoms with Gasteiger partial charge in [-0.2, -0.15) is 0 Å². The Morgan fingerprint density at radius 3 is 2.42 bits per heavy atom. The second-order valence-corrected chi connectivity index (χ2v) is 4.14. The van der Waals surface area contributed by atoms with E-state index in [1.807, 2.05) is 0 Å². The van der Waals surface area contributed by atoms with Crippen molar-refractivity contribution in [2.75, 3.05) is 20.2 Å². The lowest BCUT2D eigenvalue weighted by Crippen LogP contribution is -2.29. The summed E-state index contributed by atoms with van der Waals surface area (Å²) >= 11 is 0. The van der Waals surface area contributed by atoms with Gasteiger partial charge in [0.2, 0.25) is 0 Å². The molecule has 0 aliphatic heterocycles. The molecular weight excluding hydrogens is 246 g/mol. The monoisotopic (exact) mass is 265 g/mol. The Labute approximate surface area is 112 Å². The van der Waals surface area contributed by atoms with Gasteiger partial charge in [0.1, 0.15) is 0 Å². The molecule has 0 bridgehead atoms. The van der Waals surface area contributed by atoms with E-state index in [0.717, 1.165) is 5.56 Å². The van der Waals surface area contributed by atoms with Crippen LogP contribution in [0.4, 0.5) is 0 Å². The third kappa shape index (κ3) is 4.71. The highest BCUT2D eigenvalue weighted by Crippen LogP contribution is 2.07. The highest BCUT2D eigenvalue weighted by Gasteiger charge is 2.13. The van der Waals surface area contributed by atoms with Gasteiger partial charge < -0.3 is 14.7 Å². The molecule has 1 amide bonds. The summed E-state index contributed by atoms with van der Waals surface area (Å²) in [6, 6.07) is 6.72. The number of hydrogen-bond donors (Lipinski definition) is 1. The van der Waals surface area contributed by atoms with Crippen LogP contribution in [0.3, 0.4) is 0 Å². The molecule has 0 unspecified atom stereocenters. The summed E-state index contributed by atoms with van der Waals surface area (Å²) in [7, 11) is 1.64.